The molecule has 3 aromatic rings. The second-order valence-corrected chi connectivity index (χ2v) is 10.2. The molecule has 3 aromatic carbocycles. The Kier molecular flexibility index (Phi) is 9.21. The summed E-state index contributed by atoms with van der Waals surface area (Å²) in [6.07, 6.45) is 0.449. The fraction of sp³-hybridized carbons (Fsp3) is 0.250. The van der Waals surface area contributed by atoms with Crippen molar-refractivity contribution < 1.29 is 28.2 Å². The molecular formula is C28H26BrClFN3O5. The van der Waals surface area contributed by atoms with E-state index >= 15 is 4.39 Å². The van der Waals surface area contributed by atoms with Crippen molar-refractivity contribution in [2.45, 2.75) is 25.1 Å². The van der Waals surface area contributed by atoms with E-state index in [1.54, 1.807) is 66.7 Å². The fourth-order valence-electron chi connectivity index (χ4n) is 4.21. The van der Waals surface area contributed by atoms with Crippen molar-refractivity contribution in [3.63, 3.8) is 0 Å². The smallest absolute Gasteiger partial charge is 0.337 e. The maximum absolute atomic E-state index is 15.9. The van der Waals surface area contributed by atoms with Crippen molar-refractivity contribution in [3.05, 3.63) is 87.4 Å². The van der Waals surface area contributed by atoms with Crippen LogP contribution >= 0.6 is 27.5 Å². The molecular weight excluding hydrogens is 593 g/mol. The van der Waals surface area contributed by atoms with E-state index in [2.05, 4.69) is 31.3 Å². The van der Waals surface area contributed by atoms with Crippen LogP contribution < -0.4 is 15.4 Å². The second-order valence-electron chi connectivity index (χ2n) is 8.89. The van der Waals surface area contributed by atoms with E-state index in [9.17, 15) is 14.4 Å². The standard InChI is InChI=1S/C28H26BrClFN3O5/c1-38-26(36)19-8-10-20(11-9-19)39-17-34-14-4-13-28(34,31)25(35)16-18-7-12-23(21(29)15-18)32-27(37)33-24-6-3-2-5-22(24)30/h2-3,5-12,15H,4,13-14,16-17H2,1H3,(H2,32,33,37). The first-order valence-corrected chi connectivity index (χ1v) is 13.3. The van der Waals surface area contributed by atoms with Gasteiger partial charge in [0.1, 0.15) is 12.5 Å². The van der Waals surface area contributed by atoms with Gasteiger partial charge in [0.25, 0.3) is 0 Å². The van der Waals surface area contributed by atoms with Gasteiger partial charge in [0.15, 0.2) is 5.78 Å². The van der Waals surface area contributed by atoms with Crippen LogP contribution in [0.25, 0.3) is 0 Å². The van der Waals surface area contributed by atoms with Crippen LogP contribution in [0.15, 0.2) is 71.2 Å². The number of alkyl halides is 1. The van der Waals surface area contributed by atoms with Crippen molar-refractivity contribution in [3.8, 4) is 5.75 Å². The Labute approximate surface area is 238 Å². The number of esters is 1. The molecule has 204 valence electrons. The SMILES string of the molecule is COC(=O)c1ccc(OCN2CCCC2(F)C(=O)Cc2ccc(NC(=O)Nc3ccccc3Cl)c(Br)c2)cc1. The van der Waals surface area contributed by atoms with E-state index in [0.29, 0.717) is 50.7 Å². The van der Waals surface area contributed by atoms with Gasteiger partial charge in [-0.2, -0.15) is 0 Å². The van der Waals surface area contributed by atoms with Gasteiger partial charge in [-0.05, 0) is 76.4 Å². The molecule has 39 heavy (non-hydrogen) atoms. The number of halogens is 3. The maximum atomic E-state index is 15.9. The number of amides is 2. The number of para-hydroxylation sites is 1. The van der Waals surface area contributed by atoms with Gasteiger partial charge >= 0.3 is 12.0 Å². The first-order chi connectivity index (χ1) is 18.7. The minimum Gasteiger partial charge on any atom is -0.478 e. The number of anilines is 2. The summed E-state index contributed by atoms with van der Waals surface area (Å²) in [5, 5.41) is 5.79. The van der Waals surface area contributed by atoms with Gasteiger partial charge < -0.3 is 20.1 Å². The highest BCUT2D eigenvalue weighted by Gasteiger charge is 2.47. The van der Waals surface area contributed by atoms with Crippen molar-refractivity contribution in [1.82, 2.24) is 4.90 Å². The summed E-state index contributed by atoms with van der Waals surface area (Å²) in [4.78, 5) is 38.4. The molecule has 8 nitrogen and oxygen atoms in total. The number of carbonyl (C=O) groups is 3. The van der Waals surface area contributed by atoms with Crippen LogP contribution in [0, 0.1) is 0 Å². The normalized spacial score (nSPS) is 16.9. The van der Waals surface area contributed by atoms with Crippen molar-refractivity contribution in [2.24, 2.45) is 0 Å². The van der Waals surface area contributed by atoms with Crippen LogP contribution in [0.5, 0.6) is 5.75 Å². The molecule has 1 atom stereocenters. The van der Waals surface area contributed by atoms with Gasteiger partial charge in [-0.25, -0.2) is 18.9 Å². The molecule has 1 aliphatic rings. The van der Waals surface area contributed by atoms with Gasteiger partial charge in [-0.1, -0.05) is 29.8 Å². The summed E-state index contributed by atoms with van der Waals surface area (Å²) < 4.78 is 26.8. The number of hydrogen-bond donors (Lipinski definition) is 2. The monoisotopic (exact) mass is 617 g/mol. The molecule has 2 amide bonds. The zero-order valence-electron chi connectivity index (χ0n) is 21.0. The maximum Gasteiger partial charge on any atom is 0.337 e. The van der Waals surface area contributed by atoms with Gasteiger partial charge in [0.2, 0.25) is 5.79 Å². The number of ketones is 1. The molecule has 0 aliphatic carbocycles. The Hall–Kier alpha value is -3.47. The predicted molar refractivity (Wildman–Crippen MR) is 150 cm³/mol. The quantitative estimate of drug-likeness (QED) is 0.212. The summed E-state index contributed by atoms with van der Waals surface area (Å²) in [7, 11) is 1.30. The summed E-state index contributed by atoms with van der Waals surface area (Å²) in [6.45, 7) is 0.252. The number of urea groups is 1. The summed E-state index contributed by atoms with van der Waals surface area (Å²) in [6, 6.07) is 17.6. The number of methoxy groups -OCH3 is 1. The highest BCUT2D eigenvalue weighted by Crippen LogP contribution is 2.34. The summed E-state index contributed by atoms with van der Waals surface area (Å²) in [5.74, 6) is -2.77. The summed E-state index contributed by atoms with van der Waals surface area (Å²) in [5.41, 5.74) is 1.90. The van der Waals surface area contributed by atoms with Crippen LogP contribution in [-0.2, 0) is 16.0 Å². The van der Waals surface area contributed by atoms with Gasteiger partial charge in [-0.15, -0.1) is 0 Å². The van der Waals surface area contributed by atoms with E-state index in [-0.39, 0.29) is 19.6 Å². The number of benzene rings is 3. The molecule has 0 spiro atoms. The topological polar surface area (TPSA) is 97.0 Å². The van der Waals surface area contributed by atoms with Crippen molar-refractivity contribution in [2.75, 3.05) is 31.0 Å². The van der Waals surface area contributed by atoms with E-state index in [1.807, 2.05) is 0 Å². The van der Waals surface area contributed by atoms with Crippen molar-refractivity contribution in [1.29, 1.82) is 0 Å². The first kappa shape index (κ1) is 28.5. The molecule has 0 radical (unpaired) electrons. The number of carbonyl (C=O) groups excluding carboxylic acids is 3. The lowest BCUT2D eigenvalue weighted by Crippen LogP contribution is -2.49. The number of Topliss-reactive ketones (excluding diaryl/α,β-unsaturated/α-hetero) is 1. The van der Waals surface area contributed by atoms with Crippen molar-refractivity contribution >= 4 is 56.7 Å². The van der Waals surface area contributed by atoms with Crippen LogP contribution in [0.1, 0.15) is 28.8 Å². The van der Waals surface area contributed by atoms with E-state index in [1.165, 1.54) is 12.0 Å². The van der Waals surface area contributed by atoms with Crippen LogP contribution in [0.2, 0.25) is 5.02 Å². The second kappa shape index (κ2) is 12.6. The molecule has 4 rings (SSSR count). The minimum absolute atomic E-state index is 0.0689. The Balaban J connectivity index is 1.35. The Morgan fingerprint density at radius 3 is 2.46 bits per heavy atom. The number of rotatable bonds is 9. The molecule has 0 saturated carbocycles. The zero-order valence-corrected chi connectivity index (χ0v) is 23.4. The van der Waals surface area contributed by atoms with Crippen LogP contribution in [0.3, 0.4) is 0 Å². The fourth-order valence-corrected chi connectivity index (χ4v) is 4.92. The number of ether oxygens (including phenoxy) is 2. The molecule has 1 saturated heterocycles. The highest BCUT2D eigenvalue weighted by atomic mass is 79.9. The summed E-state index contributed by atoms with van der Waals surface area (Å²) >= 11 is 9.49. The lowest BCUT2D eigenvalue weighted by atomic mass is 9.99. The van der Waals surface area contributed by atoms with Crippen LogP contribution in [-0.4, -0.2) is 48.9 Å². The van der Waals surface area contributed by atoms with Crippen LogP contribution in [0.4, 0.5) is 20.6 Å². The van der Waals surface area contributed by atoms with Gasteiger partial charge in [-0.3, -0.25) is 4.79 Å². The molecule has 0 bridgehead atoms. The first-order valence-electron chi connectivity index (χ1n) is 12.1. The Bertz CT molecular complexity index is 1370. The lowest BCUT2D eigenvalue weighted by molar-refractivity contribution is -0.144. The molecule has 1 fully saturated rings. The number of nitrogens with one attached hydrogen (secondary N) is 2. The molecule has 1 heterocycles. The average molecular weight is 619 g/mol. The third-order valence-electron chi connectivity index (χ3n) is 6.30. The zero-order chi connectivity index (χ0) is 28.0. The third-order valence-corrected chi connectivity index (χ3v) is 7.28. The van der Waals surface area contributed by atoms with E-state index in [0.717, 1.165) is 0 Å². The lowest BCUT2D eigenvalue weighted by Gasteiger charge is -2.29. The molecule has 2 N–H and O–H groups in total. The average Bonchev–Trinajstić information content (AvgIpc) is 3.31. The predicted octanol–water partition coefficient (Wildman–Crippen LogP) is 6.44. The minimum atomic E-state index is -2.16. The van der Waals surface area contributed by atoms with E-state index < -0.39 is 23.6 Å². The Morgan fingerprint density at radius 1 is 1.05 bits per heavy atom. The Morgan fingerprint density at radius 2 is 1.77 bits per heavy atom. The number of nitrogens with zero attached hydrogens (tertiary/aromatic N) is 1. The number of hydrogen-bond acceptors (Lipinski definition) is 6. The molecule has 11 heteroatoms. The van der Waals surface area contributed by atoms with Gasteiger partial charge in [0.05, 0.1) is 29.1 Å². The third kappa shape index (κ3) is 6.95. The molecule has 1 aliphatic heterocycles. The largest absolute Gasteiger partial charge is 0.478 e. The highest BCUT2D eigenvalue weighted by molar-refractivity contribution is 9.10. The van der Waals surface area contributed by atoms with Gasteiger partial charge in [0, 0.05) is 23.9 Å². The number of likely N-dealkylation sites (tertiary alicyclic amines) is 1. The molecule has 1 unspecified atom stereocenters. The molecule has 0 aromatic heterocycles. The van der Waals surface area contributed by atoms with E-state index in [4.69, 9.17) is 16.3 Å².